The molecule has 0 unspecified atom stereocenters. The Balaban J connectivity index is 2.26. The lowest BCUT2D eigenvalue weighted by Crippen LogP contribution is -2.18. The van der Waals surface area contributed by atoms with Crippen LogP contribution in [0.25, 0.3) is 10.8 Å². The molecule has 1 aromatic heterocycles. The molecule has 78 valence electrons. The van der Waals surface area contributed by atoms with E-state index in [0.29, 0.717) is 0 Å². The van der Waals surface area contributed by atoms with E-state index in [0.717, 1.165) is 18.9 Å². The third kappa shape index (κ3) is 2.25. The van der Waals surface area contributed by atoms with Crippen LogP contribution in [0, 0.1) is 0 Å². The molecule has 2 rings (SSSR count). The Hall–Kier alpha value is -1.61. The molecule has 2 N–H and O–H groups in total. The number of likely N-dealkylation sites (N-methyl/N-ethyl adjacent to an activating group) is 1. The average Bonchev–Trinajstić information content (AvgIpc) is 2.30. The molecule has 0 spiro atoms. The SMILES string of the molecule is CNCCNc1nccc2ccccc12. The quantitative estimate of drug-likeness (QED) is 0.741. The fourth-order valence-corrected chi connectivity index (χ4v) is 1.57. The second kappa shape index (κ2) is 4.75. The van der Waals surface area contributed by atoms with Crippen LogP contribution in [0.2, 0.25) is 0 Å². The minimum Gasteiger partial charge on any atom is -0.368 e. The van der Waals surface area contributed by atoms with E-state index >= 15 is 0 Å². The molecule has 15 heavy (non-hydrogen) atoms. The Labute approximate surface area is 89.5 Å². The minimum absolute atomic E-state index is 0.886. The number of fused-ring (bicyclic) bond motifs is 1. The maximum absolute atomic E-state index is 4.34. The van der Waals surface area contributed by atoms with Gasteiger partial charge in [-0.25, -0.2) is 4.98 Å². The highest BCUT2D eigenvalue weighted by Gasteiger charge is 1.99. The van der Waals surface area contributed by atoms with E-state index in [4.69, 9.17) is 0 Å². The number of aromatic nitrogens is 1. The molecule has 0 saturated heterocycles. The summed E-state index contributed by atoms with van der Waals surface area (Å²) in [5.74, 6) is 0.961. The van der Waals surface area contributed by atoms with E-state index in [-0.39, 0.29) is 0 Å². The highest BCUT2D eigenvalue weighted by molar-refractivity contribution is 5.91. The van der Waals surface area contributed by atoms with Gasteiger partial charge < -0.3 is 10.6 Å². The van der Waals surface area contributed by atoms with Crippen molar-refractivity contribution in [2.75, 3.05) is 25.5 Å². The Kier molecular flexibility index (Phi) is 3.15. The monoisotopic (exact) mass is 201 g/mol. The van der Waals surface area contributed by atoms with Crippen LogP contribution < -0.4 is 10.6 Å². The number of hydrogen-bond donors (Lipinski definition) is 2. The first kappa shape index (κ1) is 9.93. The Morgan fingerprint density at radius 2 is 2.00 bits per heavy atom. The first-order valence-electron chi connectivity index (χ1n) is 5.14. The van der Waals surface area contributed by atoms with Crippen molar-refractivity contribution >= 4 is 16.6 Å². The average molecular weight is 201 g/mol. The number of pyridine rings is 1. The third-order valence-electron chi connectivity index (χ3n) is 2.34. The van der Waals surface area contributed by atoms with Gasteiger partial charge in [-0.3, -0.25) is 0 Å². The maximum atomic E-state index is 4.34. The summed E-state index contributed by atoms with van der Waals surface area (Å²) in [5, 5.41) is 8.81. The molecule has 0 saturated carbocycles. The van der Waals surface area contributed by atoms with Gasteiger partial charge in [-0.1, -0.05) is 24.3 Å². The molecule has 0 bridgehead atoms. The zero-order chi connectivity index (χ0) is 10.5. The van der Waals surface area contributed by atoms with Gasteiger partial charge in [0, 0.05) is 24.7 Å². The summed E-state index contributed by atoms with van der Waals surface area (Å²) < 4.78 is 0. The van der Waals surface area contributed by atoms with Gasteiger partial charge >= 0.3 is 0 Å². The fraction of sp³-hybridized carbons (Fsp3) is 0.250. The van der Waals surface area contributed by atoms with Crippen molar-refractivity contribution in [3.05, 3.63) is 36.5 Å². The highest BCUT2D eigenvalue weighted by Crippen LogP contribution is 2.19. The first-order valence-corrected chi connectivity index (χ1v) is 5.14. The molecule has 0 amide bonds. The molecule has 3 heteroatoms. The van der Waals surface area contributed by atoms with Gasteiger partial charge in [-0.2, -0.15) is 0 Å². The van der Waals surface area contributed by atoms with Gasteiger partial charge in [0.25, 0.3) is 0 Å². The molecule has 0 aliphatic heterocycles. The standard InChI is InChI=1S/C12H15N3/c1-13-8-9-15-12-11-5-3-2-4-10(11)6-7-14-12/h2-7,13H,8-9H2,1H3,(H,14,15). The van der Waals surface area contributed by atoms with E-state index in [1.807, 2.05) is 31.4 Å². The van der Waals surface area contributed by atoms with E-state index in [1.165, 1.54) is 10.8 Å². The summed E-state index contributed by atoms with van der Waals surface area (Å²) in [6.07, 6.45) is 1.84. The largest absolute Gasteiger partial charge is 0.368 e. The molecule has 0 fully saturated rings. The molecule has 1 heterocycles. The third-order valence-corrected chi connectivity index (χ3v) is 2.34. The summed E-state index contributed by atoms with van der Waals surface area (Å²) in [6.45, 7) is 1.82. The zero-order valence-electron chi connectivity index (χ0n) is 8.83. The predicted molar refractivity (Wildman–Crippen MR) is 64.2 cm³/mol. The molecular formula is C12H15N3. The zero-order valence-corrected chi connectivity index (χ0v) is 8.83. The lowest BCUT2D eigenvalue weighted by Gasteiger charge is -2.07. The van der Waals surface area contributed by atoms with Gasteiger partial charge in [-0.05, 0) is 18.5 Å². The molecule has 3 nitrogen and oxygen atoms in total. The summed E-state index contributed by atoms with van der Waals surface area (Å²) in [5.41, 5.74) is 0. The van der Waals surface area contributed by atoms with Gasteiger partial charge in [0.05, 0.1) is 0 Å². The van der Waals surface area contributed by atoms with Crippen LogP contribution in [0.3, 0.4) is 0 Å². The second-order valence-electron chi connectivity index (χ2n) is 3.41. The molecule has 0 aliphatic carbocycles. The van der Waals surface area contributed by atoms with Gasteiger partial charge in [0.2, 0.25) is 0 Å². The molecule has 2 aromatic rings. The summed E-state index contributed by atoms with van der Waals surface area (Å²) in [4.78, 5) is 4.34. The topological polar surface area (TPSA) is 37.0 Å². The van der Waals surface area contributed by atoms with Crippen LogP contribution in [-0.4, -0.2) is 25.1 Å². The Morgan fingerprint density at radius 3 is 2.87 bits per heavy atom. The van der Waals surface area contributed by atoms with Crippen molar-refractivity contribution in [3.63, 3.8) is 0 Å². The van der Waals surface area contributed by atoms with Gasteiger partial charge in [-0.15, -0.1) is 0 Å². The van der Waals surface area contributed by atoms with E-state index < -0.39 is 0 Å². The van der Waals surface area contributed by atoms with Crippen molar-refractivity contribution in [1.29, 1.82) is 0 Å². The lowest BCUT2D eigenvalue weighted by molar-refractivity contribution is 0.822. The highest BCUT2D eigenvalue weighted by atomic mass is 15.0. The summed E-state index contributed by atoms with van der Waals surface area (Å²) in [6, 6.07) is 10.3. The summed E-state index contributed by atoms with van der Waals surface area (Å²) in [7, 11) is 1.94. The number of nitrogens with zero attached hydrogens (tertiary/aromatic N) is 1. The Bertz CT molecular complexity index is 434. The van der Waals surface area contributed by atoms with Crippen molar-refractivity contribution in [1.82, 2.24) is 10.3 Å². The smallest absolute Gasteiger partial charge is 0.133 e. The van der Waals surface area contributed by atoms with E-state index in [2.05, 4.69) is 27.8 Å². The van der Waals surface area contributed by atoms with Crippen LogP contribution >= 0.6 is 0 Å². The van der Waals surface area contributed by atoms with Gasteiger partial charge in [0.15, 0.2) is 0 Å². The minimum atomic E-state index is 0.886. The number of hydrogen-bond acceptors (Lipinski definition) is 3. The van der Waals surface area contributed by atoms with Crippen LogP contribution in [0.4, 0.5) is 5.82 Å². The number of rotatable bonds is 4. The summed E-state index contributed by atoms with van der Waals surface area (Å²) >= 11 is 0. The Morgan fingerprint density at radius 1 is 1.13 bits per heavy atom. The molecule has 0 radical (unpaired) electrons. The number of nitrogens with one attached hydrogen (secondary N) is 2. The van der Waals surface area contributed by atoms with Crippen LogP contribution in [0.5, 0.6) is 0 Å². The first-order chi connectivity index (χ1) is 7.42. The second-order valence-corrected chi connectivity index (χ2v) is 3.41. The van der Waals surface area contributed by atoms with Crippen LogP contribution in [0.1, 0.15) is 0 Å². The van der Waals surface area contributed by atoms with Crippen LogP contribution in [0.15, 0.2) is 36.5 Å². The van der Waals surface area contributed by atoms with Crippen LogP contribution in [-0.2, 0) is 0 Å². The molecule has 1 aromatic carbocycles. The van der Waals surface area contributed by atoms with Crippen molar-refractivity contribution in [2.45, 2.75) is 0 Å². The van der Waals surface area contributed by atoms with Gasteiger partial charge in [0.1, 0.15) is 5.82 Å². The molecule has 0 aliphatic rings. The van der Waals surface area contributed by atoms with E-state index in [1.54, 1.807) is 0 Å². The maximum Gasteiger partial charge on any atom is 0.133 e. The normalized spacial score (nSPS) is 10.5. The van der Waals surface area contributed by atoms with E-state index in [9.17, 15) is 0 Å². The fourth-order valence-electron chi connectivity index (χ4n) is 1.57. The lowest BCUT2D eigenvalue weighted by atomic mass is 10.1. The van der Waals surface area contributed by atoms with Crippen molar-refractivity contribution in [2.24, 2.45) is 0 Å². The van der Waals surface area contributed by atoms with Crippen molar-refractivity contribution in [3.8, 4) is 0 Å². The predicted octanol–water partition coefficient (Wildman–Crippen LogP) is 1.87. The molecule has 0 atom stereocenters. The molecular weight excluding hydrogens is 186 g/mol. The number of benzene rings is 1. The van der Waals surface area contributed by atoms with Crippen molar-refractivity contribution < 1.29 is 0 Å². The number of anilines is 1.